The number of methoxy groups -OCH3 is 4. The van der Waals surface area contributed by atoms with Crippen molar-refractivity contribution in [2.75, 3.05) is 40.4 Å². The number of carbonyl (C=O) groups excluding carboxylic acids is 2. The van der Waals surface area contributed by atoms with Gasteiger partial charge in [-0.1, -0.05) is 24.3 Å². The highest BCUT2D eigenvalue weighted by Crippen LogP contribution is 2.39. The van der Waals surface area contributed by atoms with Gasteiger partial charge in [0.15, 0.2) is 18.1 Å². The predicted octanol–water partition coefficient (Wildman–Crippen LogP) is 3.67. The largest absolute Gasteiger partial charge is 0.496 e. The lowest BCUT2D eigenvalue weighted by Crippen LogP contribution is -2.21. The number of amides is 1. The van der Waals surface area contributed by atoms with Crippen LogP contribution in [0, 0.1) is 0 Å². The summed E-state index contributed by atoms with van der Waals surface area (Å²) in [4.78, 5) is 24.9. The van der Waals surface area contributed by atoms with E-state index in [0.717, 1.165) is 10.8 Å². The normalized spacial score (nSPS) is 10.3. The van der Waals surface area contributed by atoms with E-state index in [1.165, 1.54) is 28.4 Å². The zero-order valence-corrected chi connectivity index (χ0v) is 17.7. The Morgan fingerprint density at radius 3 is 1.90 bits per heavy atom. The van der Waals surface area contributed by atoms with Crippen LogP contribution in [-0.2, 0) is 9.53 Å². The summed E-state index contributed by atoms with van der Waals surface area (Å²) in [6.45, 7) is -0.481. The van der Waals surface area contributed by atoms with Crippen LogP contribution in [0.5, 0.6) is 23.0 Å². The molecule has 0 unspecified atom stereocenters. The average Bonchev–Trinajstić information content (AvgIpc) is 2.80. The molecule has 8 nitrogen and oxygen atoms in total. The third-order valence-electron chi connectivity index (χ3n) is 4.57. The maximum absolute atomic E-state index is 12.6. The average molecular weight is 425 g/mol. The highest BCUT2D eigenvalue weighted by molar-refractivity contribution is 6.00. The van der Waals surface area contributed by atoms with Gasteiger partial charge in [-0.2, -0.15) is 0 Å². The molecule has 0 bridgehead atoms. The summed E-state index contributed by atoms with van der Waals surface area (Å²) in [5.74, 6) is 0.349. The second-order valence-corrected chi connectivity index (χ2v) is 6.44. The van der Waals surface area contributed by atoms with E-state index in [2.05, 4.69) is 5.32 Å². The Morgan fingerprint density at radius 2 is 1.35 bits per heavy atom. The summed E-state index contributed by atoms with van der Waals surface area (Å²) in [7, 11) is 5.90. The first kappa shape index (κ1) is 21.8. The first-order valence-corrected chi connectivity index (χ1v) is 9.34. The Bertz CT molecular complexity index is 1090. The molecule has 0 atom stereocenters. The molecule has 162 valence electrons. The van der Waals surface area contributed by atoms with Gasteiger partial charge in [-0.05, 0) is 22.9 Å². The monoisotopic (exact) mass is 425 g/mol. The third-order valence-corrected chi connectivity index (χ3v) is 4.57. The Balaban J connectivity index is 1.71. The first-order valence-electron chi connectivity index (χ1n) is 9.34. The molecule has 1 amide bonds. The van der Waals surface area contributed by atoms with Crippen molar-refractivity contribution in [1.82, 2.24) is 0 Å². The summed E-state index contributed by atoms with van der Waals surface area (Å²) in [5, 5.41) is 4.43. The molecule has 0 aliphatic carbocycles. The van der Waals surface area contributed by atoms with E-state index in [0.29, 0.717) is 28.7 Å². The van der Waals surface area contributed by atoms with Gasteiger partial charge in [0.2, 0.25) is 5.75 Å². The second-order valence-electron chi connectivity index (χ2n) is 6.44. The molecule has 0 saturated carbocycles. The van der Waals surface area contributed by atoms with Gasteiger partial charge >= 0.3 is 5.97 Å². The minimum absolute atomic E-state index is 0.238. The van der Waals surface area contributed by atoms with Gasteiger partial charge in [0.25, 0.3) is 5.91 Å². The van der Waals surface area contributed by atoms with E-state index in [4.69, 9.17) is 23.7 Å². The van der Waals surface area contributed by atoms with Crippen molar-refractivity contribution in [3.8, 4) is 23.0 Å². The molecule has 0 fully saturated rings. The van der Waals surface area contributed by atoms with Crippen molar-refractivity contribution in [2.24, 2.45) is 0 Å². The van der Waals surface area contributed by atoms with Gasteiger partial charge in [-0.3, -0.25) is 4.79 Å². The van der Waals surface area contributed by atoms with Crippen molar-refractivity contribution in [1.29, 1.82) is 0 Å². The van der Waals surface area contributed by atoms with E-state index in [-0.39, 0.29) is 5.56 Å². The fraction of sp³-hybridized carbons (Fsp3) is 0.217. The van der Waals surface area contributed by atoms with Crippen LogP contribution in [0.2, 0.25) is 0 Å². The summed E-state index contributed by atoms with van der Waals surface area (Å²) < 4.78 is 26.3. The van der Waals surface area contributed by atoms with Crippen molar-refractivity contribution in [2.45, 2.75) is 0 Å². The summed E-state index contributed by atoms with van der Waals surface area (Å²) >= 11 is 0. The lowest BCUT2D eigenvalue weighted by Gasteiger charge is -2.15. The Kier molecular flexibility index (Phi) is 6.81. The van der Waals surface area contributed by atoms with Crippen LogP contribution in [0.3, 0.4) is 0 Å². The van der Waals surface area contributed by atoms with Crippen LogP contribution >= 0.6 is 0 Å². The number of fused-ring (bicyclic) bond motifs is 1. The highest BCUT2D eigenvalue weighted by Gasteiger charge is 2.18. The smallest absolute Gasteiger partial charge is 0.342 e. The van der Waals surface area contributed by atoms with E-state index in [1.807, 2.05) is 24.3 Å². The number of rotatable bonds is 8. The lowest BCUT2D eigenvalue weighted by molar-refractivity contribution is -0.119. The van der Waals surface area contributed by atoms with Crippen LogP contribution in [0.4, 0.5) is 5.69 Å². The molecule has 1 N–H and O–H groups in total. The van der Waals surface area contributed by atoms with Crippen LogP contribution in [0.25, 0.3) is 10.8 Å². The van der Waals surface area contributed by atoms with Crippen LogP contribution in [-0.4, -0.2) is 46.9 Å². The van der Waals surface area contributed by atoms with Crippen LogP contribution in [0.15, 0.2) is 48.5 Å². The first-order chi connectivity index (χ1) is 15.0. The zero-order chi connectivity index (χ0) is 22.4. The molecule has 3 rings (SSSR count). The maximum Gasteiger partial charge on any atom is 0.342 e. The van der Waals surface area contributed by atoms with Gasteiger partial charge in [-0.25, -0.2) is 4.79 Å². The number of hydrogen-bond acceptors (Lipinski definition) is 7. The number of ether oxygens (including phenoxy) is 5. The molecule has 0 heterocycles. The van der Waals surface area contributed by atoms with Gasteiger partial charge in [0, 0.05) is 17.8 Å². The summed E-state index contributed by atoms with van der Waals surface area (Å²) in [5.41, 5.74) is 0.639. The predicted molar refractivity (Wildman–Crippen MR) is 116 cm³/mol. The van der Waals surface area contributed by atoms with Crippen molar-refractivity contribution in [3.63, 3.8) is 0 Å². The summed E-state index contributed by atoms with van der Waals surface area (Å²) in [6.07, 6.45) is 0. The molecule has 0 radical (unpaired) electrons. The van der Waals surface area contributed by atoms with Gasteiger partial charge < -0.3 is 29.0 Å². The molecular formula is C23H23NO7. The topological polar surface area (TPSA) is 92.3 Å². The SMILES string of the molecule is COc1cc2ccccc2cc1C(=O)OCC(=O)Nc1cc(OC)c(OC)c(OC)c1. The van der Waals surface area contributed by atoms with Crippen LogP contribution in [0.1, 0.15) is 10.4 Å². The molecule has 31 heavy (non-hydrogen) atoms. The molecule has 3 aromatic rings. The van der Waals surface area contributed by atoms with Crippen molar-refractivity contribution < 1.29 is 33.3 Å². The fourth-order valence-electron chi connectivity index (χ4n) is 3.11. The van der Waals surface area contributed by atoms with Crippen LogP contribution < -0.4 is 24.3 Å². The number of benzene rings is 3. The number of hydrogen-bond donors (Lipinski definition) is 1. The van der Waals surface area contributed by atoms with E-state index >= 15 is 0 Å². The quantitative estimate of drug-likeness (QED) is 0.551. The zero-order valence-electron chi connectivity index (χ0n) is 17.7. The van der Waals surface area contributed by atoms with E-state index in [1.54, 1.807) is 24.3 Å². The molecule has 0 aromatic heterocycles. The molecule has 8 heteroatoms. The van der Waals surface area contributed by atoms with Gasteiger partial charge in [0.05, 0.1) is 28.4 Å². The summed E-state index contributed by atoms with van der Waals surface area (Å²) in [6, 6.07) is 14.1. The van der Waals surface area contributed by atoms with Crippen molar-refractivity contribution in [3.05, 3.63) is 54.1 Å². The highest BCUT2D eigenvalue weighted by atomic mass is 16.5. The number of carbonyl (C=O) groups is 2. The molecule has 0 aliphatic rings. The Morgan fingerprint density at radius 1 is 0.774 bits per heavy atom. The minimum atomic E-state index is -0.664. The Labute approximate surface area is 179 Å². The molecular weight excluding hydrogens is 402 g/mol. The fourth-order valence-corrected chi connectivity index (χ4v) is 3.11. The maximum atomic E-state index is 12.6. The number of esters is 1. The standard InChI is InChI=1S/C23H23NO7/c1-27-18-10-15-8-6-5-7-14(15)9-17(18)23(26)31-13-21(25)24-16-11-19(28-2)22(30-4)20(12-16)29-3/h5-12H,13H2,1-4H3,(H,24,25). The molecule has 3 aromatic carbocycles. The van der Waals surface area contributed by atoms with Gasteiger partial charge in [-0.15, -0.1) is 0 Å². The van der Waals surface area contributed by atoms with Gasteiger partial charge in [0.1, 0.15) is 11.3 Å². The van der Waals surface area contributed by atoms with E-state index in [9.17, 15) is 9.59 Å². The number of nitrogens with one attached hydrogen (secondary N) is 1. The second kappa shape index (κ2) is 9.71. The number of anilines is 1. The molecule has 0 spiro atoms. The third kappa shape index (κ3) is 4.80. The Hall–Kier alpha value is -3.94. The van der Waals surface area contributed by atoms with Crippen molar-refractivity contribution >= 4 is 28.3 Å². The lowest BCUT2D eigenvalue weighted by atomic mass is 10.1. The molecule has 0 aliphatic heterocycles. The minimum Gasteiger partial charge on any atom is -0.496 e. The molecule has 0 saturated heterocycles. The van der Waals surface area contributed by atoms with E-state index < -0.39 is 18.5 Å².